The number of benzene rings is 1. The summed E-state index contributed by atoms with van der Waals surface area (Å²) in [6.07, 6.45) is 0.614. The lowest BCUT2D eigenvalue weighted by Crippen LogP contribution is -2.33. The molecule has 2 aromatic rings. The molecule has 0 spiro atoms. The van der Waals surface area contributed by atoms with E-state index in [4.69, 9.17) is 4.74 Å². The maximum absolute atomic E-state index is 11.5. The zero-order chi connectivity index (χ0) is 13.8. The smallest absolute Gasteiger partial charge is 0.344 e. The minimum atomic E-state index is -0.525. The summed E-state index contributed by atoms with van der Waals surface area (Å²) < 4.78 is 6.43. The Labute approximate surface area is 117 Å². The number of nitrogens with zero attached hydrogens (tertiary/aromatic N) is 2. The first-order valence-electron chi connectivity index (χ1n) is 5.60. The number of nitrogens with one attached hydrogen (secondary N) is 1. The molecule has 0 fully saturated rings. The van der Waals surface area contributed by atoms with E-state index in [0.29, 0.717) is 13.0 Å². The van der Waals surface area contributed by atoms with Gasteiger partial charge in [-0.2, -0.15) is 5.10 Å². The summed E-state index contributed by atoms with van der Waals surface area (Å²) in [4.78, 5) is 24.9. The van der Waals surface area contributed by atoms with Gasteiger partial charge in [-0.25, -0.2) is 9.48 Å². The van der Waals surface area contributed by atoms with Gasteiger partial charge in [0.1, 0.15) is 5.75 Å². The van der Waals surface area contributed by atoms with Crippen molar-refractivity contribution in [1.82, 2.24) is 14.8 Å². The predicted octanol–water partition coefficient (Wildman–Crippen LogP) is 0.945. The van der Waals surface area contributed by atoms with Crippen molar-refractivity contribution in [2.75, 3.05) is 7.11 Å². The van der Waals surface area contributed by atoms with Crippen LogP contribution in [0.25, 0.3) is 0 Å². The van der Waals surface area contributed by atoms with Crippen molar-refractivity contribution in [3.63, 3.8) is 0 Å². The summed E-state index contributed by atoms with van der Waals surface area (Å²) in [6, 6.07) is 7.57. The molecule has 0 bridgehead atoms. The molecule has 0 radical (unpaired) electrons. The summed E-state index contributed by atoms with van der Waals surface area (Å²) in [5, 5.41) is 3.88. The topological polar surface area (TPSA) is 77.0 Å². The van der Waals surface area contributed by atoms with Crippen molar-refractivity contribution in [3.8, 4) is 5.75 Å². The van der Waals surface area contributed by atoms with E-state index >= 15 is 0 Å². The van der Waals surface area contributed by atoms with Crippen LogP contribution in [0.15, 0.2) is 38.5 Å². The van der Waals surface area contributed by atoms with E-state index in [1.54, 1.807) is 7.11 Å². The monoisotopic (exact) mass is 325 g/mol. The van der Waals surface area contributed by atoms with Gasteiger partial charge < -0.3 is 4.74 Å². The predicted molar refractivity (Wildman–Crippen MR) is 73.5 cm³/mol. The van der Waals surface area contributed by atoms with Gasteiger partial charge in [-0.05, 0) is 40.0 Å². The molecule has 0 aliphatic rings. The Morgan fingerprint density at radius 3 is 2.95 bits per heavy atom. The Kier molecular flexibility index (Phi) is 4.16. The SMILES string of the molecule is COc1cccc(CCn2nc(Br)c(=O)[nH]c2=O)c1. The molecule has 0 atom stereocenters. The van der Waals surface area contributed by atoms with Crippen molar-refractivity contribution >= 4 is 15.9 Å². The molecule has 19 heavy (non-hydrogen) atoms. The number of ether oxygens (including phenoxy) is 1. The summed E-state index contributed by atoms with van der Waals surface area (Å²) in [5.74, 6) is 0.764. The fraction of sp³-hybridized carbons (Fsp3) is 0.250. The molecule has 0 saturated carbocycles. The standard InChI is InChI=1S/C12H12BrN3O3/c1-19-9-4-2-3-8(7-9)5-6-16-12(18)14-11(17)10(13)15-16/h2-4,7H,5-6H2,1H3,(H,14,17,18). The summed E-state index contributed by atoms with van der Waals surface area (Å²) in [7, 11) is 1.60. The lowest BCUT2D eigenvalue weighted by molar-refractivity contribution is 0.414. The molecule has 6 nitrogen and oxygen atoms in total. The molecule has 0 unspecified atom stereocenters. The highest BCUT2D eigenvalue weighted by molar-refractivity contribution is 9.10. The van der Waals surface area contributed by atoms with Gasteiger partial charge in [0.25, 0.3) is 5.56 Å². The van der Waals surface area contributed by atoms with Crippen LogP contribution in [0.2, 0.25) is 0 Å². The fourth-order valence-corrected chi connectivity index (χ4v) is 1.92. The van der Waals surface area contributed by atoms with Crippen molar-refractivity contribution < 1.29 is 4.74 Å². The van der Waals surface area contributed by atoms with E-state index in [1.807, 2.05) is 24.3 Å². The minimum Gasteiger partial charge on any atom is -0.497 e. The third kappa shape index (κ3) is 3.31. The molecule has 1 N–H and O–H groups in total. The van der Waals surface area contributed by atoms with Gasteiger partial charge in [0.05, 0.1) is 13.7 Å². The molecule has 1 heterocycles. The third-order valence-electron chi connectivity index (χ3n) is 2.60. The summed E-state index contributed by atoms with van der Waals surface area (Å²) in [5.41, 5.74) is -0.0194. The number of aromatic amines is 1. The van der Waals surface area contributed by atoms with Crippen molar-refractivity contribution in [2.24, 2.45) is 0 Å². The lowest BCUT2D eigenvalue weighted by atomic mass is 10.1. The first-order valence-corrected chi connectivity index (χ1v) is 6.39. The van der Waals surface area contributed by atoms with Crippen LogP contribution in [0.4, 0.5) is 0 Å². The minimum absolute atomic E-state index is 0.0951. The van der Waals surface area contributed by atoms with Crippen LogP contribution >= 0.6 is 15.9 Å². The first-order chi connectivity index (χ1) is 9.10. The van der Waals surface area contributed by atoms with E-state index in [-0.39, 0.29) is 4.60 Å². The second-order valence-electron chi connectivity index (χ2n) is 3.87. The number of H-pyrrole nitrogens is 1. The van der Waals surface area contributed by atoms with E-state index < -0.39 is 11.2 Å². The second-order valence-corrected chi connectivity index (χ2v) is 4.63. The largest absolute Gasteiger partial charge is 0.497 e. The van der Waals surface area contributed by atoms with E-state index in [2.05, 4.69) is 26.0 Å². The number of rotatable bonds is 4. The average Bonchev–Trinajstić information content (AvgIpc) is 2.41. The molecule has 0 saturated heterocycles. The van der Waals surface area contributed by atoms with Crippen LogP contribution in [0.5, 0.6) is 5.75 Å². The highest BCUT2D eigenvalue weighted by atomic mass is 79.9. The van der Waals surface area contributed by atoms with Gasteiger partial charge in [-0.15, -0.1) is 0 Å². The van der Waals surface area contributed by atoms with Gasteiger partial charge in [0.2, 0.25) is 0 Å². The molecular formula is C12H12BrN3O3. The number of hydrogen-bond acceptors (Lipinski definition) is 4. The van der Waals surface area contributed by atoms with Crippen LogP contribution in [-0.4, -0.2) is 21.9 Å². The van der Waals surface area contributed by atoms with Gasteiger partial charge in [0.15, 0.2) is 4.60 Å². The van der Waals surface area contributed by atoms with E-state index in [1.165, 1.54) is 4.68 Å². The third-order valence-corrected chi connectivity index (χ3v) is 3.12. The van der Waals surface area contributed by atoms with Crippen molar-refractivity contribution in [2.45, 2.75) is 13.0 Å². The Bertz CT molecular complexity index is 693. The Morgan fingerprint density at radius 1 is 1.42 bits per heavy atom. The van der Waals surface area contributed by atoms with E-state index in [9.17, 15) is 9.59 Å². The number of hydrogen-bond donors (Lipinski definition) is 1. The molecule has 0 aliphatic carbocycles. The van der Waals surface area contributed by atoms with Crippen LogP contribution in [0.3, 0.4) is 0 Å². The summed E-state index contributed by atoms with van der Waals surface area (Å²) in [6.45, 7) is 0.376. The molecule has 1 aromatic carbocycles. The fourth-order valence-electron chi connectivity index (χ4n) is 1.62. The Hall–Kier alpha value is -1.89. The van der Waals surface area contributed by atoms with Crippen molar-refractivity contribution in [1.29, 1.82) is 0 Å². The van der Waals surface area contributed by atoms with Gasteiger partial charge >= 0.3 is 5.69 Å². The van der Waals surface area contributed by atoms with Gasteiger partial charge in [-0.3, -0.25) is 9.78 Å². The van der Waals surface area contributed by atoms with Crippen LogP contribution in [-0.2, 0) is 13.0 Å². The van der Waals surface area contributed by atoms with E-state index in [0.717, 1.165) is 11.3 Å². The average molecular weight is 326 g/mol. The quantitative estimate of drug-likeness (QED) is 0.907. The maximum atomic E-state index is 11.5. The molecule has 0 amide bonds. The molecule has 2 rings (SSSR count). The Balaban J connectivity index is 2.16. The zero-order valence-corrected chi connectivity index (χ0v) is 11.8. The number of aryl methyl sites for hydroxylation is 2. The maximum Gasteiger partial charge on any atom is 0.344 e. The molecule has 7 heteroatoms. The lowest BCUT2D eigenvalue weighted by Gasteiger charge is -2.06. The van der Waals surface area contributed by atoms with Crippen LogP contribution in [0.1, 0.15) is 5.56 Å². The van der Waals surface area contributed by atoms with Gasteiger partial charge in [-0.1, -0.05) is 12.1 Å². The molecular weight excluding hydrogens is 314 g/mol. The highest BCUT2D eigenvalue weighted by Gasteiger charge is 2.04. The normalized spacial score (nSPS) is 10.4. The Morgan fingerprint density at radius 2 is 2.21 bits per heavy atom. The molecule has 0 aliphatic heterocycles. The second kappa shape index (κ2) is 5.83. The number of methoxy groups -OCH3 is 1. The van der Waals surface area contributed by atoms with Gasteiger partial charge in [0, 0.05) is 0 Å². The first kappa shape index (κ1) is 13.5. The van der Waals surface area contributed by atoms with Crippen LogP contribution < -0.4 is 16.0 Å². The number of halogens is 1. The summed E-state index contributed by atoms with van der Waals surface area (Å²) >= 11 is 2.99. The number of aromatic nitrogens is 3. The zero-order valence-electron chi connectivity index (χ0n) is 10.2. The van der Waals surface area contributed by atoms with Crippen LogP contribution in [0, 0.1) is 0 Å². The molecule has 1 aromatic heterocycles. The molecule has 100 valence electrons. The highest BCUT2D eigenvalue weighted by Crippen LogP contribution is 2.13. The van der Waals surface area contributed by atoms with Crippen molar-refractivity contribution in [3.05, 3.63) is 55.3 Å².